The van der Waals surface area contributed by atoms with Gasteiger partial charge in [-0.15, -0.1) is 12.4 Å². The highest BCUT2D eigenvalue weighted by atomic mass is 35.5. The molecule has 0 spiro atoms. The topological polar surface area (TPSA) is 101 Å². The summed E-state index contributed by atoms with van der Waals surface area (Å²) in [6.07, 6.45) is 0.853. The maximum absolute atomic E-state index is 10.7. The summed E-state index contributed by atoms with van der Waals surface area (Å²) in [6, 6.07) is 0. The number of H-pyrrole nitrogens is 1. The third-order valence-electron chi connectivity index (χ3n) is 2.33. The van der Waals surface area contributed by atoms with Crippen LogP contribution in [0, 0.1) is 0 Å². The van der Waals surface area contributed by atoms with Gasteiger partial charge in [0.25, 0.3) is 0 Å². The smallest absolute Gasteiger partial charge is 0.356 e. The molecule has 7 heteroatoms. The Bertz CT molecular complexity index is 353. The van der Waals surface area contributed by atoms with Gasteiger partial charge >= 0.3 is 5.97 Å². The number of halogens is 1. The Hall–Kier alpha value is -1.11. The van der Waals surface area contributed by atoms with Gasteiger partial charge in [0.15, 0.2) is 5.69 Å². The number of nitrogens with zero attached hydrogens (tertiary/aromatic N) is 2. The average molecular weight is 236 g/mol. The third kappa shape index (κ3) is 2.47. The van der Waals surface area contributed by atoms with Crippen LogP contribution in [0.1, 0.15) is 21.7 Å². The summed E-state index contributed by atoms with van der Waals surface area (Å²) in [4.78, 5) is 12.8. The van der Waals surface area contributed by atoms with Crippen molar-refractivity contribution < 1.29 is 15.4 Å². The highest BCUT2D eigenvalue weighted by molar-refractivity contribution is 5.87. The Morgan fingerprint density at radius 1 is 1.60 bits per heavy atom. The van der Waals surface area contributed by atoms with E-state index in [1.807, 2.05) is 7.05 Å². The van der Waals surface area contributed by atoms with E-state index in [1.165, 1.54) is 0 Å². The minimum atomic E-state index is -0.951. The number of carbonyl (C=O) groups is 1. The highest BCUT2D eigenvalue weighted by Crippen LogP contribution is 2.18. The standard InChI is InChI=1S/C8H11N3O2.ClH.H2O/c1-11-3-2-6-5(4-11)7(8(12)13)10-9-6;;/h2-4H2,1H3,(H,9,10)(H,12,13);1H;1H2. The van der Waals surface area contributed by atoms with E-state index in [2.05, 4.69) is 15.1 Å². The monoisotopic (exact) mass is 235 g/mol. The van der Waals surface area contributed by atoms with Crippen LogP contribution in [0.4, 0.5) is 0 Å². The lowest BCUT2D eigenvalue weighted by atomic mass is 10.1. The molecule has 0 radical (unpaired) electrons. The van der Waals surface area contributed by atoms with Crippen molar-refractivity contribution in [2.45, 2.75) is 13.0 Å². The largest absolute Gasteiger partial charge is 0.476 e. The first-order valence-electron chi connectivity index (χ1n) is 4.16. The van der Waals surface area contributed by atoms with Crippen molar-refractivity contribution in [2.75, 3.05) is 13.6 Å². The molecule has 0 atom stereocenters. The van der Waals surface area contributed by atoms with E-state index in [0.717, 1.165) is 24.2 Å². The van der Waals surface area contributed by atoms with Crippen LogP contribution in [-0.2, 0) is 13.0 Å². The Kier molecular flexibility index (Phi) is 4.73. The first kappa shape index (κ1) is 13.9. The minimum absolute atomic E-state index is 0. The second-order valence-corrected chi connectivity index (χ2v) is 3.32. The van der Waals surface area contributed by atoms with Crippen LogP contribution >= 0.6 is 12.4 Å². The number of aromatic carboxylic acids is 1. The fourth-order valence-corrected chi connectivity index (χ4v) is 1.61. The second kappa shape index (κ2) is 5.11. The van der Waals surface area contributed by atoms with Crippen LogP contribution in [0.2, 0.25) is 0 Å². The summed E-state index contributed by atoms with van der Waals surface area (Å²) in [5.74, 6) is -0.951. The molecule has 1 aliphatic rings. The molecule has 15 heavy (non-hydrogen) atoms. The predicted molar refractivity (Wildman–Crippen MR) is 56.4 cm³/mol. The van der Waals surface area contributed by atoms with E-state index in [-0.39, 0.29) is 23.6 Å². The van der Waals surface area contributed by atoms with Crippen molar-refractivity contribution in [2.24, 2.45) is 0 Å². The molecule has 4 N–H and O–H groups in total. The molecule has 1 aromatic heterocycles. The fraction of sp³-hybridized carbons (Fsp3) is 0.500. The lowest BCUT2D eigenvalue weighted by Gasteiger charge is -2.21. The number of rotatable bonds is 1. The van der Waals surface area contributed by atoms with Gasteiger partial charge in [-0.2, -0.15) is 5.10 Å². The normalized spacial score (nSPS) is 14.7. The van der Waals surface area contributed by atoms with Crippen LogP contribution in [0.25, 0.3) is 0 Å². The zero-order valence-corrected chi connectivity index (χ0v) is 9.10. The molecule has 1 aliphatic heterocycles. The number of nitrogens with one attached hydrogen (secondary N) is 1. The molecular weight excluding hydrogens is 222 g/mol. The molecule has 6 nitrogen and oxygen atoms in total. The van der Waals surface area contributed by atoms with E-state index < -0.39 is 5.97 Å². The lowest BCUT2D eigenvalue weighted by molar-refractivity contribution is 0.0688. The first-order valence-corrected chi connectivity index (χ1v) is 4.16. The minimum Gasteiger partial charge on any atom is -0.476 e. The summed E-state index contributed by atoms with van der Waals surface area (Å²) < 4.78 is 0. The van der Waals surface area contributed by atoms with Crippen LogP contribution < -0.4 is 0 Å². The van der Waals surface area contributed by atoms with Crippen molar-refractivity contribution in [3.05, 3.63) is 17.0 Å². The third-order valence-corrected chi connectivity index (χ3v) is 2.33. The fourth-order valence-electron chi connectivity index (χ4n) is 1.61. The number of hydrogen-bond acceptors (Lipinski definition) is 3. The maximum atomic E-state index is 10.7. The molecule has 2 heterocycles. The van der Waals surface area contributed by atoms with Crippen molar-refractivity contribution >= 4 is 18.4 Å². The summed E-state index contributed by atoms with van der Waals surface area (Å²) in [5, 5.41) is 15.4. The maximum Gasteiger partial charge on any atom is 0.356 e. The van der Waals surface area contributed by atoms with Crippen molar-refractivity contribution in [1.29, 1.82) is 0 Å². The van der Waals surface area contributed by atoms with E-state index in [9.17, 15) is 4.79 Å². The average Bonchev–Trinajstić information content (AvgIpc) is 2.46. The van der Waals surface area contributed by atoms with Crippen molar-refractivity contribution in [3.8, 4) is 0 Å². The SMILES string of the molecule is CN1CCc2[nH]nc(C(=O)O)c2C1.Cl.O. The number of carboxylic acids is 1. The Morgan fingerprint density at radius 3 is 2.87 bits per heavy atom. The van der Waals surface area contributed by atoms with E-state index in [1.54, 1.807) is 0 Å². The van der Waals surface area contributed by atoms with E-state index >= 15 is 0 Å². The van der Waals surface area contributed by atoms with Crippen molar-refractivity contribution in [1.82, 2.24) is 15.1 Å². The van der Waals surface area contributed by atoms with Gasteiger partial charge in [0.2, 0.25) is 0 Å². The number of carboxylic acid groups (broad SMARTS) is 1. The van der Waals surface area contributed by atoms with Crippen molar-refractivity contribution in [3.63, 3.8) is 0 Å². The number of hydrogen-bond donors (Lipinski definition) is 2. The van der Waals surface area contributed by atoms with E-state index in [4.69, 9.17) is 5.11 Å². The number of aromatic nitrogens is 2. The van der Waals surface area contributed by atoms with Gasteiger partial charge in [-0.1, -0.05) is 0 Å². The molecule has 0 unspecified atom stereocenters. The molecule has 0 aromatic carbocycles. The molecule has 2 rings (SSSR count). The van der Waals surface area contributed by atoms with Crippen LogP contribution in [0.15, 0.2) is 0 Å². The van der Waals surface area contributed by atoms with Crippen LogP contribution in [0.5, 0.6) is 0 Å². The van der Waals surface area contributed by atoms with Crippen LogP contribution in [-0.4, -0.2) is 45.2 Å². The molecule has 0 amide bonds. The summed E-state index contributed by atoms with van der Waals surface area (Å²) in [5.41, 5.74) is 1.97. The van der Waals surface area contributed by atoms with Gasteiger partial charge < -0.3 is 15.5 Å². The predicted octanol–water partition coefficient (Wildman–Crippen LogP) is -0.307. The molecular formula is C8H14ClN3O3. The second-order valence-electron chi connectivity index (χ2n) is 3.32. The Balaban J connectivity index is 0.000000980. The zero-order valence-electron chi connectivity index (χ0n) is 8.28. The number of aromatic amines is 1. The number of likely N-dealkylation sites (N-methyl/N-ethyl adjacent to an activating group) is 1. The summed E-state index contributed by atoms with van der Waals surface area (Å²) in [7, 11) is 1.97. The molecule has 86 valence electrons. The van der Waals surface area contributed by atoms with Gasteiger partial charge in [-0.05, 0) is 7.05 Å². The molecule has 0 aliphatic carbocycles. The molecule has 0 fully saturated rings. The van der Waals surface area contributed by atoms with Gasteiger partial charge in [-0.3, -0.25) is 5.10 Å². The Morgan fingerprint density at radius 2 is 2.27 bits per heavy atom. The lowest BCUT2D eigenvalue weighted by Crippen LogP contribution is -2.27. The molecule has 0 saturated heterocycles. The van der Waals surface area contributed by atoms with Crippen LogP contribution in [0.3, 0.4) is 0 Å². The first-order chi connectivity index (χ1) is 6.18. The summed E-state index contributed by atoms with van der Waals surface area (Å²) in [6.45, 7) is 1.63. The zero-order chi connectivity index (χ0) is 9.42. The van der Waals surface area contributed by atoms with Gasteiger partial charge in [0.05, 0.1) is 0 Å². The van der Waals surface area contributed by atoms with Gasteiger partial charge in [0, 0.05) is 30.8 Å². The quantitative estimate of drug-likeness (QED) is 0.697. The van der Waals surface area contributed by atoms with E-state index in [0.29, 0.717) is 6.54 Å². The molecule has 0 bridgehead atoms. The summed E-state index contributed by atoms with van der Waals surface area (Å²) >= 11 is 0. The van der Waals surface area contributed by atoms with Gasteiger partial charge in [-0.25, -0.2) is 4.79 Å². The number of fused-ring (bicyclic) bond motifs is 1. The highest BCUT2D eigenvalue weighted by Gasteiger charge is 2.22. The van der Waals surface area contributed by atoms with Gasteiger partial charge in [0.1, 0.15) is 0 Å². The molecule has 0 saturated carbocycles. The molecule has 1 aromatic rings. The Labute approximate surface area is 93.0 Å².